The number of hydrogen-bond acceptors (Lipinski definition) is 3. The van der Waals surface area contributed by atoms with E-state index in [0.717, 1.165) is 16.7 Å². The van der Waals surface area contributed by atoms with Gasteiger partial charge in [-0.2, -0.15) is 8.78 Å². The molecule has 2 heterocycles. The topological polar surface area (TPSA) is 57.5 Å². The van der Waals surface area contributed by atoms with Crippen molar-refractivity contribution in [3.05, 3.63) is 53.6 Å². The van der Waals surface area contributed by atoms with E-state index >= 15 is 0 Å². The van der Waals surface area contributed by atoms with Crippen molar-refractivity contribution in [2.75, 3.05) is 19.6 Å². The molecule has 9 heteroatoms. The van der Waals surface area contributed by atoms with Gasteiger partial charge in [0.25, 0.3) is 0 Å². The lowest BCUT2D eigenvalue weighted by Crippen LogP contribution is -2.37. The molecule has 1 aromatic heterocycles. The molecule has 0 atom stereocenters. The number of nitrogens with one attached hydrogen (secondary N) is 2. The average molecular weight is 532 g/mol. The first kappa shape index (κ1) is 24.5. The Kier molecular flexibility index (Phi) is 10.5. The van der Waals surface area contributed by atoms with Gasteiger partial charge in [-0.3, -0.25) is 9.47 Å². The largest absolute Gasteiger partial charge is 0.357 e. The fourth-order valence-electron chi connectivity index (χ4n) is 3.46. The molecule has 2 N–H and O–H groups in total. The molecule has 0 amide bonds. The third kappa shape index (κ3) is 7.50. The Hall–Kier alpha value is -1.75. The second-order valence-electron chi connectivity index (χ2n) is 7.23. The highest BCUT2D eigenvalue weighted by Gasteiger charge is 2.12. The fraction of sp³-hybridized carbons (Fsp3) is 0.524. The van der Waals surface area contributed by atoms with E-state index in [-0.39, 0.29) is 36.3 Å². The van der Waals surface area contributed by atoms with Gasteiger partial charge < -0.3 is 10.6 Å². The summed E-state index contributed by atoms with van der Waals surface area (Å²) in [7, 11) is 0. The van der Waals surface area contributed by atoms with Gasteiger partial charge in [-0.05, 0) is 44.0 Å². The molecule has 1 fully saturated rings. The van der Waals surface area contributed by atoms with E-state index in [4.69, 9.17) is 0 Å². The lowest BCUT2D eigenvalue weighted by molar-refractivity contribution is 0.0668. The summed E-state index contributed by atoms with van der Waals surface area (Å²) in [6, 6.07) is 8.55. The predicted octanol–water partition coefficient (Wildman–Crippen LogP) is 4.14. The summed E-state index contributed by atoms with van der Waals surface area (Å²) in [5, 5.41) is 6.21. The van der Waals surface area contributed by atoms with Crippen LogP contribution in [-0.2, 0) is 19.6 Å². The monoisotopic (exact) mass is 532 g/mol. The molecule has 0 unspecified atom stereocenters. The molecule has 1 aliphatic heterocycles. The third-order valence-electron chi connectivity index (χ3n) is 5.01. The minimum absolute atomic E-state index is 0. The Bertz CT molecular complexity index is 772. The molecule has 0 aliphatic carbocycles. The van der Waals surface area contributed by atoms with Crippen LogP contribution in [0.5, 0.6) is 0 Å². The zero-order chi connectivity index (χ0) is 20.5. The molecule has 1 saturated heterocycles. The summed E-state index contributed by atoms with van der Waals surface area (Å²) in [5.41, 5.74) is 2.43. The SMILES string of the molecule is CCNC(=NCc1ccc(CN2CCCCC2)cc1)NCc1nccn1C(F)F.I. The summed E-state index contributed by atoms with van der Waals surface area (Å²) in [4.78, 5) is 11.0. The van der Waals surface area contributed by atoms with E-state index in [1.807, 2.05) is 6.92 Å². The Morgan fingerprint density at radius 1 is 1.10 bits per heavy atom. The second-order valence-corrected chi connectivity index (χ2v) is 7.23. The van der Waals surface area contributed by atoms with Gasteiger partial charge in [0.05, 0.1) is 13.1 Å². The molecule has 0 spiro atoms. The number of imidazole rings is 1. The number of likely N-dealkylation sites (tertiary alicyclic amines) is 1. The Morgan fingerprint density at radius 3 is 2.47 bits per heavy atom. The Balaban J connectivity index is 0.00000320. The molecule has 30 heavy (non-hydrogen) atoms. The van der Waals surface area contributed by atoms with Crippen molar-refractivity contribution in [2.24, 2.45) is 4.99 Å². The molecule has 1 aromatic carbocycles. The van der Waals surface area contributed by atoms with E-state index in [1.54, 1.807) is 0 Å². The number of guanidine groups is 1. The number of aliphatic imine (C=N–C) groups is 1. The van der Waals surface area contributed by atoms with Gasteiger partial charge >= 0.3 is 6.55 Å². The van der Waals surface area contributed by atoms with Crippen LogP contribution < -0.4 is 10.6 Å². The summed E-state index contributed by atoms with van der Waals surface area (Å²) in [5.74, 6) is 0.848. The number of alkyl halides is 2. The van der Waals surface area contributed by atoms with Crippen LogP contribution in [0.25, 0.3) is 0 Å². The zero-order valence-electron chi connectivity index (χ0n) is 17.4. The van der Waals surface area contributed by atoms with E-state index < -0.39 is 6.55 Å². The molecule has 1 aliphatic rings. The van der Waals surface area contributed by atoms with Gasteiger partial charge in [-0.25, -0.2) is 9.98 Å². The van der Waals surface area contributed by atoms with Crippen molar-refractivity contribution < 1.29 is 8.78 Å². The molecule has 6 nitrogen and oxygen atoms in total. The Morgan fingerprint density at radius 2 is 1.80 bits per heavy atom. The number of nitrogens with zero attached hydrogens (tertiary/aromatic N) is 4. The molecule has 0 saturated carbocycles. The van der Waals surface area contributed by atoms with Gasteiger partial charge in [-0.15, -0.1) is 24.0 Å². The fourth-order valence-corrected chi connectivity index (χ4v) is 3.46. The maximum absolute atomic E-state index is 12.9. The van der Waals surface area contributed by atoms with Crippen LogP contribution in [0, 0.1) is 0 Å². The van der Waals surface area contributed by atoms with Crippen molar-refractivity contribution >= 4 is 29.9 Å². The van der Waals surface area contributed by atoms with Crippen molar-refractivity contribution in [3.63, 3.8) is 0 Å². The molecule has 0 radical (unpaired) electrons. The minimum Gasteiger partial charge on any atom is -0.357 e. The summed E-state index contributed by atoms with van der Waals surface area (Å²) >= 11 is 0. The average Bonchev–Trinajstić information content (AvgIpc) is 3.21. The van der Waals surface area contributed by atoms with Gasteiger partial charge in [0.2, 0.25) is 0 Å². The van der Waals surface area contributed by atoms with Crippen LogP contribution in [-0.4, -0.2) is 40.0 Å². The molecule has 166 valence electrons. The number of aromatic nitrogens is 2. The van der Waals surface area contributed by atoms with Crippen LogP contribution in [0.4, 0.5) is 8.78 Å². The van der Waals surface area contributed by atoms with Gasteiger partial charge in [-0.1, -0.05) is 30.7 Å². The van der Waals surface area contributed by atoms with E-state index in [0.29, 0.717) is 19.0 Å². The van der Waals surface area contributed by atoms with E-state index in [1.165, 1.54) is 50.3 Å². The molecule has 3 rings (SSSR count). The lowest BCUT2D eigenvalue weighted by Gasteiger charge is -2.26. The van der Waals surface area contributed by atoms with Gasteiger partial charge in [0, 0.05) is 25.5 Å². The Labute approximate surface area is 194 Å². The molecular weight excluding hydrogens is 501 g/mol. The second kappa shape index (κ2) is 12.8. The number of piperidine rings is 1. The van der Waals surface area contributed by atoms with Crippen LogP contribution in [0.3, 0.4) is 0 Å². The third-order valence-corrected chi connectivity index (χ3v) is 5.01. The summed E-state index contributed by atoms with van der Waals surface area (Å²) in [6.45, 7) is 4.13. The van der Waals surface area contributed by atoms with Gasteiger partial charge in [0.15, 0.2) is 5.96 Å². The van der Waals surface area contributed by atoms with Gasteiger partial charge in [0.1, 0.15) is 5.82 Å². The first-order chi connectivity index (χ1) is 14.2. The predicted molar refractivity (Wildman–Crippen MR) is 126 cm³/mol. The highest BCUT2D eigenvalue weighted by molar-refractivity contribution is 14.0. The zero-order valence-corrected chi connectivity index (χ0v) is 19.7. The maximum Gasteiger partial charge on any atom is 0.319 e. The summed E-state index contributed by atoms with van der Waals surface area (Å²) in [6.07, 6.45) is 6.59. The molecular formula is C21H31F2IN6. The smallest absolute Gasteiger partial charge is 0.319 e. The van der Waals surface area contributed by atoms with Crippen molar-refractivity contribution in [2.45, 2.75) is 52.4 Å². The van der Waals surface area contributed by atoms with Crippen LogP contribution in [0.15, 0.2) is 41.7 Å². The quantitative estimate of drug-likeness (QED) is 0.305. The molecule has 0 bridgehead atoms. The normalized spacial score (nSPS) is 15.1. The van der Waals surface area contributed by atoms with Crippen molar-refractivity contribution in [3.8, 4) is 0 Å². The van der Waals surface area contributed by atoms with E-state index in [2.05, 4.69) is 49.8 Å². The maximum atomic E-state index is 12.9. The highest BCUT2D eigenvalue weighted by Crippen LogP contribution is 2.14. The van der Waals surface area contributed by atoms with Crippen molar-refractivity contribution in [1.82, 2.24) is 25.1 Å². The van der Waals surface area contributed by atoms with Crippen LogP contribution in [0.2, 0.25) is 0 Å². The van der Waals surface area contributed by atoms with Crippen LogP contribution in [0.1, 0.15) is 49.7 Å². The van der Waals surface area contributed by atoms with E-state index in [9.17, 15) is 8.78 Å². The first-order valence-electron chi connectivity index (χ1n) is 10.3. The minimum atomic E-state index is -2.60. The van der Waals surface area contributed by atoms with Crippen molar-refractivity contribution in [1.29, 1.82) is 0 Å². The first-order valence-corrected chi connectivity index (χ1v) is 10.3. The number of hydrogen-bond donors (Lipinski definition) is 2. The highest BCUT2D eigenvalue weighted by atomic mass is 127. The standard InChI is InChI=1S/C21H30F2N6.HI/c1-2-24-21(27-15-19-25-10-13-29(19)20(22)23)26-14-17-6-8-18(9-7-17)16-28-11-4-3-5-12-28;/h6-10,13,20H,2-5,11-12,14-16H2,1H3,(H2,24,26,27);1H. The molecule has 2 aromatic rings. The number of rotatable bonds is 8. The number of halogens is 3. The number of benzene rings is 1. The van der Waals surface area contributed by atoms with Crippen LogP contribution >= 0.6 is 24.0 Å². The lowest BCUT2D eigenvalue weighted by atomic mass is 10.1. The summed E-state index contributed by atoms with van der Waals surface area (Å²) < 4.78 is 26.7.